The molecule has 1 rings (SSSR count). The molecule has 0 aliphatic carbocycles. The van der Waals surface area contributed by atoms with Crippen molar-refractivity contribution in [2.45, 2.75) is 31.9 Å². The summed E-state index contributed by atoms with van der Waals surface area (Å²) < 4.78 is 10.9. The Morgan fingerprint density at radius 1 is 1.27 bits per heavy atom. The standard InChI is InChI=1S/C16H25NO5/c1-4-7-9-17-15(19)13(21-11-5-2)14(22-12-6-3)16(17,20)8-10-18/h5-6,18,20H,2-4,7-12H2,1H3. The lowest BCUT2D eigenvalue weighted by atomic mass is 10.1. The number of aliphatic hydroxyl groups is 2. The summed E-state index contributed by atoms with van der Waals surface area (Å²) in [5.74, 6) is -0.441. The molecule has 6 heteroatoms. The van der Waals surface area contributed by atoms with E-state index in [1.165, 1.54) is 17.1 Å². The third-order valence-electron chi connectivity index (χ3n) is 3.34. The molecule has 0 aromatic heterocycles. The number of unbranched alkanes of at least 4 members (excludes halogenated alkanes) is 1. The summed E-state index contributed by atoms with van der Waals surface area (Å²) >= 11 is 0. The fourth-order valence-electron chi connectivity index (χ4n) is 2.29. The molecule has 0 spiro atoms. The van der Waals surface area contributed by atoms with Crippen molar-refractivity contribution in [2.75, 3.05) is 26.4 Å². The molecule has 1 atom stereocenters. The lowest BCUT2D eigenvalue weighted by Gasteiger charge is -2.34. The molecular weight excluding hydrogens is 286 g/mol. The van der Waals surface area contributed by atoms with E-state index in [9.17, 15) is 15.0 Å². The van der Waals surface area contributed by atoms with Crippen LogP contribution in [0.25, 0.3) is 0 Å². The van der Waals surface area contributed by atoms with Gasteiger partial charge in [0.1, 0.15) is 13.2 Å². The highest BCUT2D eigenvalue weighted by Gasteiger charge is 2.53. The monoisotopic (exact) mass is 311 g/mol. The third-order valence-corrected chi connectivity index (χ3v) is 3.34. The van der Waals surface area contributed by atoms with Crippen LogP contribution in [-0.2, 0) is 14.3 Å². The molecule has 124 valence electrons. The Hall–Kier alpha value is -1.79. The molecule has 6 nitrogen and oxygen atoms in total. The van der Waals surface area contributed by atoms with Crippen molar-refractivity contribution in [2.24, 2.45) is 0 Å². The van der Waals surface area contributed by atoms with Gasteiger partial charge >= 0.3 is 0 Å². The molecule has 2 N–H and O–H groups in total. The summed E-state index contributed by atoms with van der Waals surface area (Å²) in [4.78, 5) is 13.8. The van der Waals surface area contributed by atoms with E-state index in [0.717, 1.165) is 12.8 Å². The van der Waals surface area contributed by atoms with Gasteiger partial charge in [0, 0.05) is 19.6 Å². The predicted molar refractivity (Wildman–Crippen MR) is 82.6 cm³/mol. The second kappa shape index (κ2) is 8.60. The number of rotatable bonds is 11. The van der Waals surface area contributed by atoms with Gasteiger partial charge < -0.3 is 24.6 Å². The summed E-state index contributed by atoms with van der Waals surface area (Å²) in [6.07, 6.45) is 4.56. The quantitative estimate of drug-likeness (QED) is 0.563. The first-order valence-corrected chi connectivity index (χ1v) is 7.44. The van der Waals surface area contributed by atoms with Crippen LogP contribution < -0.4 is 0 Å². The molecule has 0 saturated heterocycles. The van der Waals surface area contributed by atoms with Gasteiger partial charge in [-0.1, -0.05) is 38.7 Å². The van der Waals surface area contributed by atoms with E-state index < -0.39 is 11.6 Å². The molecule has 0 aromatic rings. The van der Waals surface area contributed by atoms with Gasteiger partial charge in [-0.3, -0.25) is 4.79 Å². The number of carbonyl (C=O) groups is 1. The lowest BCUT2D eigenvalue weighted by Crippen LogP contribution is -2.50. The fraction of sp³-hybridized carbons (Fsp3) is 0.562. The topological polar surface area (TPSA) is 79.2 Å². The van der Waals surface area contributed by atoms with Crippen molar-refractivity contribution in [1.82, 2.24) is 4.90 Å². The lowest BCUT2D eigenvalue weighted by molar-refractivity contribution is -0.151. The smallest absolute Gasteiger partial charge is 0.295 e. The highest BCUT2D eigenvalue weighted by molar-refractivity contribution is 5.96. The van der Waals surface area contributed by atoms with Crippen molar-refractivity contribution in [3.63, 3.8) is 0 Å². The maximum absolute atomic E-state index is 12.5. The summed E-state index contributed by atoms with van der Waals surface area (Å²) in [6.45, 7) is 9.40. The third kappa shape index (κ3) is 3.69. The van der Waals surface area contributed by atoms with Crippen LogP contribution in [0, 0.1) is 0 Å². The zero-order valence-electron chi connectivity index (χ0n) is 13.1. The van der Waals surface area contributed by atoms with Gasteiger partial charge in [-0.05, 0) is 6.42 Å². The maximum atomic E-state index is 12.5. The largest absolute Gasteiger partial charge is 0.485 e. The molecule has 1 unspecified atom stereocenters. The van der Waals surface area contributed by atoms with E-state index in [0.29, 0.717) is 6.54 Å². The average Bonchev–Trinajstić information content (AvgIpc) is 2.69. The number of ether oxygens (including phenoxy) is 2. The Kier molecular flexibility index (Phi) is 7.14. The van der Waals surface area contributed by atoms with Gasteiger partial charge in [-0.2, -0.15) is 0 Å². The second-order valence-electron chi connectivity index (χ2n) is 4.96. The van der Waals surface area contributed by atoms with E-state index in [1.54, 1.807) is 0 Å². The molecule has 0 radical (unpaired) electrons. The van der Waals surface area contributed by atoms with Crippen molar-refractivity contribution in [3.05, 3.63) is 36.8 Å². The Morgan fingerprint density at radius 2 is 1.91 bits per heavy atom. The predicted octanol–water partition coefficient (Wildman–Crippen LogP) is 1.32. The first-order chi connectivity index (χ1) is 10.6. The number of hydrogen-bond donors (Lipinski definition) is 2. The van der Waals surface area contributed by atoms with Gasteiger partial charge in [0.2, 0.25) is 11.5 Å². The number of hydrogen-bond acceptors (Lipinski definition) is 5. The zero-order valence-corrected chi connectivity index (χ0v) is 13.1. The SMILES string of the molecule is C=CCOC1=C(OCC=C)C(O)(CCO)N(CCCC)C1=O. The van der Waals surface area contributed by atoms with Crippen LogP contribution in [0.1, 0.15) is 26.2 Å². The minimum atomic E-state index is -1.69. The molecule has 1 aliphatic heterocycles. The maximum Gasteiger partial charge on any atom is 0.295 e. The molecule has 0 aromatic carbocycles. The van der Waals surface area contributed by atoms with Crippen LogP contribution in [0.2, 0.25) is 0 Å². The van der Waals surface area contributed by atoms with Crippen LogP contribution in [0.4, 0.5) is 0 Å². The van der Waals surface area contributed by atoms with Gasteiger partial charge in [0.05, 0.1) is 0 Å². The van der Waals surface area contributed by atoms with E-state index in [1.807, 2.05) is 6.92 Å². The minimum absolute atomic E-state index is 0.0319. The van der Waals surface area contributed by atoms with Crippen LogP contribution in [-0.4, -0.2) is 53.1 Å². The number of amides is 1. The first-order valence-electron chi connectivity index (χ1n) is 7.44. The molecular formula is C16H25NO5. The number of carbonyl (C=O) groups excluding carboxylic acids is 1. The van der Waals surface area contributed by atoms with E-state index >= 15 is 0 Å². The summed E-state index contributed by atoms with van der Waals surface area (Å²) in [7, 11) is 0. The van der Waals surface area contributed by atoms with Gasteiger partial charge in [0.15, 0.2) is 5.76 Å². The van der Waals surface area contributed by atoms with E-state index in [4.69, 9.17) is 9.47 Å². The molecule has 0 fully saturated rings. The average molecular weight is 311 g/mol. The van der Waals surface area contributed by atoms with Crippen LogP contribution >= 0.6 is 0 Å². The van der Waals surface area contributed by atoms with Crippen LogP contribution in [0.15, 0.2) is 36.8 Å². The van der Waals surface area contributed by atoms with Gasteiger partial charge in [-0.25, -0.2) is 0 Å². The second-order valence-corrected chi connectivity index (χ2v) is 4.96. The highest BCUT2D eigenvalue weighted by Crippen LogP contribution is 2.37. The van der Waals surface area contributed by atoms with Crippen molar-refractivity contribution >= 4 is 5.91 Å². The number of aliphatic hydroxyl groups excluding tert-OH is 1. The van der Waals surface area contributed by atoms with E-state index in [-0.39, 0.29) is 37.8 Å². The molecule has 1 heterocycles. The van der Waals surface area contributed by atoms with Crippen LogP contribution in [0.3, 0.4) is 0 Å². The Morgan fingerprint density at radius 3 is 2.45 bits per heavy atom. The normalized spacial score (nSPS) is 21.2. The molecule has 0 bridgehead atoms. The molecule has 22 heavy (non-hydrogen) atoms. The van der Waals surface area contributed by atoms with Crippen molar-refractivity contribution in [1.29, 1.82) is 0 Å². The fourth-order valence-corrected chi connectivity index (χ4v) is 2.29. The van der Waals surface area contributed by atoms with E-state index in [2.05, 4.69) is 13.2 Å². The molecule has 1 aliphatic rings. The van der Waals surface area contributed by atoms with Gasteiger partial charge in [0.25, 0.3) is 5.91 Å². The molecule has 0 saturated carbocycles. The highest BCUT2D eigenvalue weighted by atomic mass is 16.5. The summed E-state index contributed by atoms with van der Waals surface area (Å²) in [6, 6.07) is 0. The Bertz CT molecular complexity index is 446. The minimum Gasteiger partial charge on any atom is -0.485 e. The van der Waals surface area contributed by atoms with Crippen molar-refractivity contribution < 1.29 is 24.5 Å². The van der Waals surface area contributed by atoms with Crippen molar-refractivity contribution in [3.8, 4) is 0 Å². The summed E-state index contributed by atoms with van der Waals surface area (Å²) in [5.41, 5.74) is -1.69. The zero-order chi connectivity index (χ0) is 16.6. The Balaban J connectivity index is 3.18. The first kappa shape index (κ1) is 18.3. The van der Waals surface area contributed by atoms with Gasteiger partial charge in [-0.15, -0.1) is 0 Å². The molecule has 1 amide bonds. The number of nitrogens with zero attached hydrogens (tertiary/aromatic N) is 1. The Labute approximate surface area is 131 Å². The van der Waals surface area contributed by atoms with Crippen LogP contribution in [0.5, 0.6) is 0 Å². The summed E-state index contributed by atoms with van der Waals surface area (Å²) in [5, 5.41) is 20.2.